The van der Waals surface area contributed by atoms with E-state index in [9.17, 15) is 0 Å². The van der Waals surface area contributed by atoms with Crippen molar-refractivity contribution in [1.29, 1.82) is 0 Å². The number of hydrogen-bond donors (Lipinski definition) is 1. The molecule has 4 heteroatoms. The molecule has 2 unspecified atom stereocenters. The van der Waals surface area contributed by atoms with Crippen LogP contribution < -0.4 is 5.32 Å². The van der Waals surface area contributed by atoms with Gasteiger partial charge in [-0.25, -0.2) is 0 Å². The maximum atomic E-state index is 4.51. The van der Waals surface area contributed by atoms with E-state index in [1.54, 1.807) is 0 Å². The Labute approximate surface area is 116 Å². The highest BCUT2D eigenvalue weighted by Crippen LogP contribution is 2.26. The summed E-state index contributed by atoms with van der Waals surface area (Å²) in [6.45, 7) is 5.74. The molecular weight excluding hydrogens is 236 g/mol. The summed E-state index contributed by atoms with van der Waals surface area (Å²) in [7, 11) is 2.05. The number of nitrogens with zero attached hydrogens (tertiary/aromatic N) is 3. The number of fused-ring (bicyclic) bond motifs is 1. The molecule has 1 N–H and O–H groups in total. The van der Waals surface area contributed by atoms with Crippen LogP contribution in [0.1, 0.15) is 44.0 Å². The molecule has 0 aliphatic carbocycles. The average Bonchev–Trinajstić information content (AvgIpc) is 3.02. The minimum Gasteiger partial charge on any atom is -0.308 e. The van der Waals surface area contributed by atoms with Crippen molar-refractivity contribution in [3.63, 3.8) is 0 Å². The first-order chi connectivity index (χ1) is 9.26. The van der Waals surface area contributed by atoms with Gasteiger partial charge in [-0.05, 0) is 51.3 Å². The Morgan fingerprint density at radius 1 is 1.37 bits per heavy atom. The topological polar surface area (TPSA) is 33.1 Å². The van der Waals surface area contributed by atoms with Crippen molar-refractivity contribution in [1.82, 2.24) is 20.0 Å². The Balaban J connectivity index is 1.53. The fraction of sp³-hybridized carbons (Fsp3) is 0.800. The van der Waals surface area contributed by atoms with E-state index < -0.39 is 0 Å². The van der Waals surface area contributed by atoms with Crippen LogP contribution in [-0.4, -0.2) is 39.9 Å². The molecule has 0 radical (unpaired) electrons. The number of piperidine rings is 1. The molecule has 0 saturated carbocycles. The van der Waals surface area contributed by atoms with Gasteiger partial charge >= 0.3 is 0 Å². The third-order valence-electron chi connectivity index (χ3n) is 4.78. The lowest BCUT2D eigenvalue weighted by atomic mass is 9.97. The minimum atomic E-state index is 0.694. The van der Waals surface area contributed by atoms with Gasteiger partial charge in [0.05, 0.1) is 11.4 Å². The lowest BCUT2D eigenvalue weighted by Crippen LogP contribution is -2.45. The van der Waals surface area contributed by atoms with Crippen molar-refractivity contribution in [2.24, 2.45) is 7.05 Å². The molecule has 106 valence electrons. The third kappa shape index (κ3) is 2.84. The molecule has 0 bridgehead atoms. The van der Waals surface area contributed by atoms with E-state index in [0.717, 1.165) is 19.0 Å². The zero-order valence-corrected chi connectivity index (χ0v) is 12.2. The summed E-state index contributed by atoms with van der Waals surface area (Å²) < 4.78 is 2.02. The van der Waals surface area contributed by atoms with E-state index in [1.165, 1.54) is 50.2 Å². The van der Waals surface area contributed by atoms with Gasteiger partial charge in [-0.2, -0.15) is 5.10 Å². The molecule has 2 fully saturated rings. The van der Waals surface area contributed by atoms with Gasteiger partial charge in [-0.1, -0.05) is 6.92 Å². The Kier molecular flexibility index (Phi) is 3.89. The van der Waals surface area contributed by atoms with Crippen LogP contribution in [0.4, 0.5) is 0 Å². The van der Waals surface area contributed by atoms with E-state index in [2.05, 4.69) is 35.4 Å². The molecule has 1 aromatic heterocycles. The molecule has 2 aliphatic heterocycles. The molecule has 1 aromatic rings. The summed E-state index contributed by atoms with van der Waals surface area (Å²) in [4.78, 5) is 2.68. The van der Waals surface area contributed by atoms with Crippen LogP contribution in [0.15, 0.2) is 6.07 Å². The highest BCUT2D eigenvalue weighted by Gasteiger charge is 2.31. The first-order valence-corrected chi connectivity index (χ1v) is 7.75. The van der Waals surface area contributed by atoms with Crippen molar-refractivity contribution in [3.8, 4) is 0 Å². The minimum absolute atomic E-state index is 0.694. The standard InChI is InChI=1S/C15H26N4/c1-3-12-9-15(18(2)17-12)11-16-13-6-8-19-7-4-5-14(19)10-13/h9,13-14,16H,3-8,10-11H2,1-2H3. The molecule has 3 heterocycles. The van der Waals surface area contributed by atoms with E-state index in [4.69, 9.17) is 0 Å². The van der Waals surface area contributed by atoms with Gasteiger partial charge in [-0.3, -0.25) is 4.68 Å². The molecule has 0 aromatic carbocycles. The first-order valence-electron chi connectivity index (χ1n) is 7.75. The van der Waals surface area contributed by atoms with Crippen LogP contribution in [0.2, 0.25) is 0 Å². The molecular formula is C15H26N4. The average molecular weight is 262 g/mol. The van der Waals surface area contributed by atoms with Gasteiger partial charge < -0.3 is 10.2 Å². The number of hydrogen-bond acceptors (Lipinski definition) is 3. The van der Waals surface area contributed by atoms with Gasteiger partial charge in [0.15, 0.2) is 0 Å². The predicted octanol–water partition coefficient (Wildman–Crippen LogP) is 1.70. The predicted molar refractivity (Wildman–Crippen MR) is 77.0 cm³/mol. The second-order valence-electron chi connectivity index (χ2n) is 6.04. The highest BCUT2D eigenvalue weighted by atomic mass is 15.3. The Hall–Kier alpha value is -0.870. The Morgan fingerprint density at radius 2 is 2.26 bits per heavy atom. The smallest absolute Gasteiger partial charge is 0.0625 e. The molecule has 2 aliphatic rings. The fourth-order valence-electron chi connectivity index (χ4n) is 3.57. The fourth-order valence-corrected chi connectivity index (χ4v) is 3.57. The Morgan fingerprint density at radius 3 is 3.05 bits per heavy atom. The quantitative estimate of drug-likeness (QED) is 0.896. The number of rotatable bonds is 4. The van der Waals surface area contributed by atoms with Gasteiger partial charge in [0, 0.05) is 25.7 Å². The summed E-state index contributed by atoms with van der Waals surface area (Å²) in [5.74, 6) is 0. The van der Waals surface area contributed by atoms with Gasteiger partial charge in [0.2, 0.25) is 0 Å². The summed E-state index contributed by atoms with van der Waals surface area (Å²) in [6.07, 6.45) is 6.46. The second-order valence-corrected chi connectivity index (χ2v) is 6.04. The zero-order valence-electron chi connectivity index (χ0n) is 12.2. The number of nitrogens with one attached hydrogen (secondary N) is 1. The van der Waals surface area contributed by atoms with Crippen molar-refractivity contribution in [2.45, 2.75) is 57.7 Å². The maximum Gasteiger partial charge on any atom is 0.0625 e. The molecule has 0 spiro atoms. The molecule has 0 amide bonds. The van der Waals surface area contributed by atoms with Crippen molar-refractivity contribution in [2.75, 3.05) is 13.1 Å². The maximum absolute atomic E-state index is 4.51. The summed E-state index contributed by atoms with van der Waals surface area (Å²) in [5, 5.41) is 8.26. The van der Waals surface area contributed by atoms with E-state index in [1.807, 2.05) is 4.68 Å². The van der Waals surface area contributed by atoms with E-state index in [-0.39, 0.29) is 0 Å². The SMILES string of the molecule is CCc1cc(CNC2CCN3CCCC3C2)n(C)n1. The van der Waals surface area contributed by atoms with Crippen LogP contribution in [0.25, 0.3) is 0 Å². The van der Waals surface area contributed by atoms with Gasteiger partial charge in [0.1, 0.15) is 0 Å². The van der Waals surface area contributed by atoms with Crippen molar-refractivity contribution in [3.05, 3.63) is 17.5 Å². The van der Waals surface area contributed by atoms with Crippen LogP contribution in [0.3, 0.4) is 0 Å². The summed E-state index contributed by atoms with van der Waals surface area (Å²) >= 11 is 0. The number of aromatic nitrogens is 2. The van der Waals surface area contributed by atoms with E-state index >= 15 is 0 Å². The van der Waals surface area contributed by atoms with Gasteiger partial charge in [0.25, 0.3) is 0 Å². The van der Waals surface area contributed by atoms with Crippen LogP contribution in [-0.2, 0) is 20.0 Å². The van der Waals surface area contributed by atoms with Crippen LogP contribution in [0, 0.1) is 0 Å². The van der Waals surface area contributed by atoms with Crippen LogP contribution in [0.5, 0.6) is 0 Å². The summed E-state index contributed by atoms with van der Waals surface area (Å²) in [6, 6.07) is 3.78. The molecule has 2 atom stereocenters. The lowest BCUT2D eigenvalue weighted by Gasteiger charge is -2.35. The molecule has 19 heavy (non-hydrogen) atoms. The molecule has 4 nitrogen and oxygen atoms in total. The van der Waals surface area contributed by atoms with Gasteiger partial charge in [-0.15, -0.1) is 0 Å². The second kappa shape index (κ2) is 5.63. The Bertz CT molecular complexity index is 426. The van der Waals surface area contributed by atoms with Crippen LogP contribution >= 0.6 is 0 Å². The normalized spacial score (nSPS) is 27.7. The third-order valence-corrected chi connectivity index (χ3v) is 4.78. The largest absolute Gasteiger partial charge is 0.308 e. The first kappa shape index (κ1) is 13.1. The monoisotopic (exact) mass is 262 g/mol. The van der Waals surface area contributed by atoms with Crippen molar-refractivity contribution >= 4 is 0 Å². The lowest BCUT2D eigenvalue weighted by molar-refractivity contribution is 0.166. The molecule has 3 rings (SSSR count). The molecule has 2 saturated heterocycles. The zero-order chi connectivity index (χ0) is 13.2. The highest BCUT2D eigenvalue weighted by molar-refractivity contribution is 5.10. The van der Waals surface area contributed by atoms with E-state index in [0.29, 0.717) is 6.04 Å². The van der Waals surface area contributed by atoms with Crippen molar-refractivity contribution < 1.29 is 0 Å². The summed E-state index contributed by atoms with van der Waals surface area (Å²) in [5.41, 5.74) is 2.51. The number of aryl methyl sites for hydroxylation is 2.